The maximum Gasteiger partial charge on any atom is 0.134 e. The van der Waals surface area contributed by atoms with Crippen molar-refractivity contribution in [2.24, 2.45) is 5.11 Å². The number of para-hydroxylation sites is 1. The van der Waals surface area contributed by atoms with E-state index in [-0.39, 0.29) is 6.61 Å². The molecule has 1 aromatic carbocycles. The fourth-order valence-electron chi connectivity index (χ4n) is 1.75. The van der Waals surface area contributed by atoms with Crippen molar-refractivity contribution >= 4 is 11.0 Å². The minimum absolute atomic E-state index is 0.259. The van der Waals surface area contributed by atoms with E-state index in [9.17, 15) is 0 Å². The van der Waals surface area contributed by atoms with E-state index in [0.29, 0.717) is 5.76 Å². The Morgan fingerprint density at radius 1 is 1.50 bits per heavy atom. The van der Waals surface area contributed by atoms with E-state index in [1.54, 1.807) is 0 Å². The largest absolute Gasteiger partial charge is 0.460 e. The molecule has 0 bridgehead atoms. The van der Waals surface area contributed by atoms with Gasteiger partial charge < -0.3 is 9.52 Å². The van der Waals surface area contributed by atoms with Gasteiger partial charge in [0, 0.05) is 10.3 Å². The summed E-state index contributed by atoms with van der Waals surface area (Å²) in [6.45, 7) is 1.63. The Balaban J connectivity index is 2.60. The van der Waals surface area contributed by atoms with Crippen LogP contribution in [0.1, 0.15) is 17.4 Å². The van der Waals surface area contributed by atoms with Crippen molar-refractivity contribution in [2.75, 3.05) is 6.61 Å². The van der Waals surface area contributed by atoms with E-state index in [1.165, 1.54) is 0 Å². The monoisotopic (exact) mass is 217 g/mol. The lowest BCUT2D eigenvalue weighted by Gasteiger charge is -2.04. The quantitative estimate of drug-likeness (QED) is 0.486. The smallest absolute Gasteiger partial charge is 0.134 e. The SMILES string of the molecule is Cc1c(C(CO)N=[N+]=[N-])oc2ccccc12. The van der Waals surface area contributed by atoms with Gasteiger partial charge in [-0.3, -0.25) is 0 Å². The Kier molecular flexibility index (Phi) is 2.81. The molecular formula is C11H11N3O2. The predicted octanol–water partition coefficient (Wildman–Crippen LogP) is 3.08. The minimum Gasteiger partial charge on any atom is -0.460 e. The highest BCUT2D eigenvalue weighted by molar-refractivity contribution is 5.82. The van der Waals surface area contributed by atoms with Crippen LogP contribution >= 0.6 is 0 Å². The standard InChI is InChI=1S/C11H11N3O2/c1-7-8-4-2-3-5-10(8)16-11(7)9(6-15)13-14-12/h2-5,9,15H,6H2,1H3. The molecule has 0 amide bonds. The number of rotatable bonds is 3. The van der Waals surface area contributed by atoms with Gasteiger partial charge in [0.1, 0.15) is 17.4 Å². The van der Waals surface area contributed by atoms with Gasteiger partial charge in [-0.15, -0.1) is 0 Å². The fourth-order valence-corrected chi connectivity index (χ4v) is 1.75. The first-order chi connectivity index (χ1) is 7.77. The summed E-state index contributed by atoms with van der Waals surface area (Å²) in [5, 5.41) is 13.6. The summed E-state index contributed by atoms with van der Waals surface area (Å²) in [5.74, 6) is 0.529. The summed E-state index contributed by atoms with van der Waals surface area (Å²) >= 11 is 0. The number of benzene rings is 1. The zero-order valence-electron chi connectivity index (χ0n) is 8.79. The number of nitrogens with zero attached hydrogens (tertiary/aromatic N) is 3. The topological polar surface area (TPSA) is 82.1 Å². The van der Waals surface area contributed by atoms with Crippen molar-refractivity contribution in [1.29, 1.82) is 0 Å². The van der Waals surface area contributed by atoms with Crippen LogP contribution < -0.4 is 0 Å². The van der Waals surface area contributed by atoms with Gasteiger partial charge in [0.25, 0.3) is 0 Å². The molecule has 0 spiro atoms. The van der Waals surface area contributed by atoms with Crippen LogP contribution in [0.3, 0.4) is 0 Å². The van der Waals surface area contributed by atoms with Crippen LogP contribution in [0.5, 0.6) is 0 Å². The van der Waals surface area contributed by atoms with Gasteiger partial charge in [0.2, 0.25) is 0 Å². The van der Waals surface area contributed by atoms with E-state index in [1.807, 2.05) is 31.2 Å². The summed E-state index contributed by atoms with van der Waals surface area (Å²) in [6, 6.07) is 6.91. The zero-order valence-corrected chi connectivity index (χ0v) is 8.79. The normalized spacial score (nSPS) is 12.4. The van der Waals surface area contributed by atoms with E-state index in [4.69, 9.17) is 15.1 Å². The molecular weight excluding hydrogens is 206 g/mol. The third-order valence-corrected chi connectivity index (χ3v) is 2.55. The van der Waals surface area contributed by atoms with Crippen LogP contribution in [0.15, 0.2) is 33.8 Å². The van der Waals surface area contributed by atoms with Crippen LogP contribution in [-0.2, 0) is 0 Å². The van der Waals surface area contributed by atoms with Gasteiger partial charge >= 0.3 is 0 Å². The van der Waals surface area contributed by atoms with Crippen LogP contribution in [0.25, 0.3) is 21.4 Å². The number of fused-ring (bicyclic) bond motifs is 1. The van der Waals surface area contributed by atoms with Gasteiger partial charge in [-0.2, -0.15) is 0 Å². The molecule has 2 rings (SSSR count). The molecule has 82 valence electrons. The summed E-state index contributed by atoms with van der Waals surface area (Å²) in [6.07, 6.45) is 0. The van der Waals surface area contributed by atoms with Gasteiger partial charge in [0.05, 0.1) is 6.61 Å². The van der Waals surface area contributed by atoms with Gasteiger partial charge in [-0.25, -0.2) is 0 Å². The first-order valence-corrected chi connectivity index (χ1v) is 4.91. The third-order valence-electron chi connectivity index (χ3n) is 2.55. The number of hydrogen-bond acceptors (Lipinski definition) is 3. The molecule has 0 radical (unpaired) electrons. The Hall–Kier alpha value is -1.97. The number of azide groups is 1. The highest BCUT2D eigenvalue weighted by atomic mass is 16.3. The second-order valence-corrected chi connectivity index (χ2v) is 3.49. The first-order valence-electron chi connectivity index (χ1n) is 4.91. The highest BCUT2D eigenvalue weighted by Gasteiger charge is 2.18. The van der Waals surface area contributed by atoms with Crippen molar-refractivity contribution in [3.63, 3.8) is 0 Å². The molecule has 16 heavy (non-hydrogen) atoms. The van der Waals surface area contributed by atoms with Gasteiger partial charge in [-0.1, -0.05) is 23.3 Å². The molecule has 0 aliphatic rings. The molecule has 0 fully saturated rings. The van der Waals surface area contributed by atoms with Crippen molar-refractivity contribution in [3.05, 3.63) is 46.0 Å². The van der Waals surface area contributed by atoms with E-state index in [0.717, 1.165) is 16.5 Å². The maximum atomic E-state index is 9.14. The molecule has 1 N–H and O–H groups in total. The molecule has 1 aromatic heterocycles. The Morgan fingerprint density at radius 2 is 2.25 bits per heavy atom. The number of aliphatic hydroxyl groups excluding tert-OH is 1. The third kappa shape index (κ3) is 1.62. The fraction of sp³-hybridized carbons (Fsp3) is 0.273. The summed E-state index contributed by atoms with van der Waals surface area (Å²) in [4.78, 5) is 2.70. The molecule has 0 aliphatic heterocycles. The molecule has 0 saturated heterocycles. The van der Waals surface area contributed by atoms with Crippen molar-refractivity contribution in [2.45, 2.75) is 13.0 Å². The van der Waals surface area contributed by atoms with Gasteiger partial charge in [0.15, 0.2) is 0 Å². The second kappa shape index (κ2) is 4.26. The van der Waals surface area contributed by atoms with Crippen molar-refractivity contribution in [1.82, 2.24) is 0 Å². The molecule has 0 aliphatic carbocycles. The predicted molar refractivity (Wildman–Crippen MR) is 59.9 cm³/mol. The van der Waals surface area contributed by atoms with Crippen LogP contribution in [-0.4, -0.2) is 11.7 Å². The molecule has 0 saturated carbocycles. The van der Waals surface area contributed by atoms with E-state index >= 15 is 0 Å². The first kappa shape index (κ1) is 10.5. The number of aryl methyl sites for hydroxylation is 1. The summed E-state index contributed by atoms with van der Waals surface area (Å²) in [7, 11) is 0. The Bertz CT molecular complexity index is 555. The molecule has 1 heterocycles. The zero-order chi connectivity index (χ0) is 11.5. The van der Waals surface area contributed by atoms with Crippen molar-refractivity contribution in [3.8, 4) is 0 Å². The average molecular weight is 217 g/mol. The lowest BCUT2D eigenvalue weighted by Crippen LogP contribution is -1.99. The van der Waals surface area contributed by atoms with Crippen molar-refractivity contribution < 1.29 is 9.52 Å². The Labute approximate surface area is 91.9 Å². The van der Waals surface area contributed by atoms with Crippen LogP contribution in [0.2, 0.25) is 0 Å². The number of furan rings is 1. The Morgan fingerprint density at radius 3 is 2.88 bits per heavy atom. The molecule has 5 nitrogen and oxygen atoms in total. The average Bonchev–Trinajstić information content (AvgIpc) is 2.64. The lowest BCUT2D eigenvalue weighted by molar-refractivity contribution is 0.253. The molecule has 1 unspecified atom stereocenters. The maximum absolute atomic E-state index is 9.14. The van der Waals surface area contributed by atoms with Crippen LogP contribution in [0.4, 0.5) is 0 Å². The molecule has 5 heteroatoms. The van der Waals surface area contributed by atoms with Crippen LogP contribution in [0, 0.1) is 6.92 Å². The summed E-state index contributed by atoms with van der Waals surface area (Å²) < 4.78 is 5.58. The second-order valence-electron chi connectivity index (χ2n) is 3.49. The minimum atomic E-state index is -0.655. The lowest BCUT2D eigenvalue weighted by atomic mass is 10.1. The van der Waals surface area contributed by atoms with Gasteiger partial charge in [-0.05, 0) is 24.1 Å². The highest BCUT2D eigenvalue weighted by Crippen LogP contribution is 2.30. The number of hydrogen-bond donors (Lipinski definition) is 1. The van der Waals surface area contributed by atoms with E-state index < -0.39 is 6.04 Å². The molecule has 2 aromatic rings. The molecule has 1 atom stereocenters. The van der Waals surface area contributed by atoms with E-state index in [2.05, 4.69) is 10.0 Å². The number of aliphatic hydroxyl groups is 1. The summed E-state index contributed by atoms with van der Waals surface area (Å²) in [5.41, 5.74) is 10.0.